The molecule has 1 amide bonds. The van der Waals surface area contributed by atoms with Crippen LogP contribution in [-0.4, -0.2) is 28.9 Å². The smallest absolute Gasteiger partial charge is 0.227 e. The maximum atomic E-state index is 12.5. The van der Waals surface area contributed by atoms with Gasteiger partial charge in [-0.3, -0.25) is 4.79 Å². The fourth-order valence-electron chi connectivity index (χ4n) is 3.36. The van der Waals surface area contributed by atoms with Crippen LogP contribution in [-0.2, 0) is 4.79 Å². The second-order valence-electron chi connectivity index (χ2n) is 5.44. The number of nitrogens with zero attached hydrogens (tertiary/aromatic N) is 1. The quantitative estimate of drug-likeness (QED) is 0.778. The highest BCUT2D eigenvalue weighted by Crippen LogP contribution is 2.32. The van der Waals surface area contributed by atoms with Gasteiger partial charge in [0.15, 0.2) is 0 Å². The van der Waals surface area contributed by atoms with Crippen molar-refractivity contribution in [1.29, 1.82) is 0 Å². The number of carbonyl (C=O) groups is 1. The second kappa shape index (κ2) is 4.74. The predicted molar refractivity (Wildman–Crippen MR) is 64.9 cm³/mol. The van der Waals surface area contributed by atoms with Crippen molar-refractivity contribution >= 4 is 5.91 Å². The van der Waals surface area contributed by atoms with Crippen molar-refractivity contribution in [2.24, 2.45) is 11.7 Å². The van der Waals surface area contributed by atoms with Crippen LogP contribution in [0.2, 0.25) is 0 Å². The molecule has 0 bridgehead atoms. The van der Waals surface area contributed by atoms with Gasteiger partial charge in [-0.15, -0.1) is 0 Å². The minimum absolute atomic E-state index is 0.106. The number of rotatable bonds is 2. The molecule has 0 radical (unpaired) electrons. The van der Waals surface area contributed by atoms with E-state index in [-0.39, 0.29) is 12.0 Å². The lowest BCUT2D eigenvalue weighted by atomic mass is 10.0. The highest BCUT2D eigenvalue weighted by Gasteiger charge is 2.39. The number of amides is 1. The van der Waals surface area contributed by atoms with Gasteiger partial charge in [-0.25, -0.2) is 0 Å². The van der Waals surface area contributed by atoms with Gasteiger partial charge < -0.3 is 10.6 Å². The molecule has 2 N–H and O–H groups in total. The van der Waals surface area contributed by atoms with Crippen LogP contribution in [0.3, 0.4) is 0 Å². The Bertz CT molecular complexity index is 267. The standard InChI is InChI=1S/C13H24N2O/c1-3-10-8-7-9(2)15(10)13(16)11-5-4-6-12(11)14/h9-12H,3-8,14H2,1-2H3. The highest BCUT2D eigenvalue weighted by atomic mass is 16.2. The maximum absolute atomic E-state index is 12.5. The molecule has 4 atom stereocenters. The summed E-state index contributed by atoms with van der Waals surface area (Å²) in [5, 5.41) is 0. The first kappa shape index (κ1) is 11.9. The monoisotopic (exact) mass is 224 g/mol. The Labute approximate surface area is 98.4 Å². The van der Waals surface area contributed by atoms with Crippen LogP contribution in [0.15, 0.2) is 0 Å². The van der Waals surface area contributed by atoms with Gasteiger partial charge in [0.05, 0.1) is 5.92 Å². The summed E-state index contributed by atoms with van der Waals surface area (Å²) in [6.45, 7) is 4.35. The number of hydrogen-bond donors (Lipinski definition) is 1. The Morgan fingerprint density at radius 1 is 1.31 bits per heavy atom. The Balaban J connectivity index is 2.07. The molecule has 1 aliphatic heterocycles. The third-order valence-electron chi connectivity index (χ3n) is 4.40. The molecule has 3 nitrogen and oxygen atoms in total. The summed E-state index contributed by atoms with van der Waals surface area (Å²) < 4.78 is 0. The van der Waals surface area contributed by atoms with Gasteiger partial charge in [-0.05, 0) is 39.0 Å². The SMILES string of the molecule is CCC1CCC(C)N1C(=O)C1CCCC1N. The second-order valence-corrected chi connectivity index (χ2v) is 5.44. The van der Waals surface area contributed by atoms with Crippen LogP contribution in [0.5, 0.6) is 0 Å². The van der Waals surface area contributed by atoms with Crippen LogP contribution in [0, 0.1) is 5.92 Å². The van der Waals surface area contributed by atoms with Gasteiger partial charge >= 0.3 is 0 Å². The molecule has 1 saturated carbocycles. The average molecular weight is 224 g/mol. The number of likely N-dealkylation sites (tertiary alicyclic amines) is 1. The Hall–Kier alpha value is -0.570. The molecule has 1 heterocycles. The average Bonchev–Trinajstić information content (AvgIpc) is 2.83. The minimum Gasteiger partial charge on any atom is -0.337 e. The molecule has 0 aromatic carbocycles. The molecular weight excluding hydrogens is 200 g/mol. The summed E-state index contributed by atoms with van der Waals surface area (Å²) in [7, 11) is 0. The molecule has 2 aliphatic rings. The third kappa shape index (κ3) is 1.97. The lowest BCUT2D eigenvalue weighted by Gasteiger charge is -2.31. The lowest BCUT2D eigenvalue weighted by molar-refractivity contribution is -0.138. The fraction of sp³-hybridized carbons (Fsp3) is 0.923. The molecule has 0 aromatic rings. The maximum Gasteiger partial charge on any atom is 0.227 e. The van der Waals surface area contributed by atoms with Crippen molar-refractivity contribution in [3.63, 3.8) is 0 Å². The number of carbonyl (C=O) groups excluding carboxylic acids is 1. The van der Waals surface area contributed by atoms with E-state index in [0.717, 1.165) is 32.1 Å². The molecule has 2 fully saturated rings. The van der Waals surface area contributed by atoms with E-state index in [4.69, 9.17) is 5.73 Å². The van der Waals surface area contributed by atoms with E-state index in [9.17, 15) is 4.79 Å². The normalized spacial score (nSPS) is 39.3. The molecular formula is C13H24N2O. The van der Waals surface area contributed by atoms with E-state index < -0.39 is 0 Å². The fourth-order valence-corrected chi connectivity index (χ4v) is 3.36. The van der Waals surface area contributed by atoms with Crippen LogP contribution in [0.25, 0.3) is 0 Å². The van der Waals surface area contributed by atoms with Gasteiger partial charge in [-0.2, -0.15) is 0 Å². The van der Waals surface area contributed by atoms with Crippen molar-refractivity contribution < 1.29 is 4.79 Å². The molecule has 3 heteroatoms. The van der Waals surface area contributed by atoms with Crippen LogP contribution >= 0.6 is 0 Å². The zero-order valence-corrected chi connectivity index (χ0v) is 10.5. The van der Waals surface area contributed by atoms with E-state index in [1.165, 1.54) is 6.42 Å². The van der Waals surface area contributed by atoms with E-state index in [0.29, 0.717) is 18.0 Å². The summed E-state index contributed by atoms with van der Waals surface area (Å²) in [5.74, 6) is 0.441. The summed E-state index contributed by atoms with van der Waals surface area (Å²) in [6, 6.07) is 0.998. The summed E-state index contributed by atoms with van der Waals surface area (Å²) in [4.78, 5) is 14.6. The summed E-state index contributed by atoms with van der Waals surface area (Å²) in [5.41, 5.74) is 6.03. The van der Waals surface area contributed by atoms with E-state index in [1.54, 1.807) is 0 Å². The third-order valence-corrected chi connectivity index (χ3v) is 4.40. The first-order valence-corrected chi connectivity index (χ1v) is 6.73. The topological polar surface area (TPSA) is 46.3 Å². The highest BCUT2D eigenvalue weighted by molar-refractivity contribution is 5.80. The van der Waals surface area contributed by atoms with Gasteiger partial charge in [0, 0.05) is 18.1 Å². The number of hydrogen-bond acceptors (Lipinski definition) is 2. The predicted octanol–water partition coefficient (Wildman–Crippen LogP) is 1.90. The van der Waals surface area contributed by atoms with Crippen LogP contribution < -0.4 is 5.73 Å². The molecule has 4 unspecified atom stereocenters. The van der Waals surface area contributed by atoms with Crippen molar-refractivity contribution in [2.45, 2.75) is 70.5 Å². The van der Waals surface area contributed by atoms with Crippen molar-refractivity contribution in [2.75, 3.05) is 0 Å². The van der Waals surface area contributed by atoms with Gasteiger partial charge in [-0.1, -0.05) is 13.3 Å². The van der Waals surface area contributed by atoms with Crippen LogP contribution in [0.1, 0.15) is 52.4 Å². The first-order chi connectivity index (χ1) is 7.65. The minimum atomic E-state index is 0.106. The summed E-state index contributed by atoms with van der Waals surface area (Å²) in [6.07, 6.45) is 6.56. The molecule has 2 rings (SSSR count). The molecule has 92 valence electrons. The molecule has 1 aliphatic carbocycles. The van der Waals surface area contributed by atoms with Gasteiger partial charge in [0.2, 0.25) is 5.91 Å². The largest absolute Gasteiger partial charge is 0.337 e. The van der Waals surface area contributed by atoms with Crippen LogP contribution in [0.4, 0.5) is 0 Å². The van der Waals surface area contributed by atoms with Crippen molar-refractivity contribution in [3.05, 3.63) is 0 Å². The van der Waals surface area contributed by atoms with Gasteiger partial charge in [0.1, 0.15) is 0 Å². The zero-order chi connectivity index (χ0) is 11.7. The van der Waals surface area contributed by atoms with Crippen molar-refractivity contribution in [1.82, 2.24) is 4.90 Å². The number of nitrogens with two attached hydrogens (primary N) is 1. The lowest BCUT2D eigenvalue weighted by Crippen LogP contribution is -2.46. The molecule has 16 heavy (non-hydrogen) atoms. The molecule has 0 aromatic heterocycles. The Morgan fingerprint density at radius 2 is 2.06 bits per heavy atom. The zero-order valence-electron chi connectivity index (χ0n) is 10.5. The van der Waals surface area contributed by atoms with E-state index in [1.807, 2.05) is 0 Å². The Morgan fingerprint density at radius 3 is 2.62 bits per heavy atom. The molecule has 0 spiro atoms. The molecule has 1 saturated heterocycles. The van der Waals surface area contributed by atoms with E-state index in [2.05, 4.69) is 18.7 Å². The van der Waals surface area contributed by atoms with Crippen molar-refractivity contribution in [3.8, 4) is 0 Å². The first-order valence-electron chi connectivity index (χ1n) is 6.73. The van der Waals surface area contributed by atoms with E-state index >= 15 is 0 Å². The van der Waals surface area contributed by atoms with Gasteiger partial charge in [0.25, 0.3) is 0 Å². The summed E-state index contributed by atoms with van der Waals surface area (Å²) >= 11 is 0. The Kier molecular flexibility index (Phi) is 3.53.